The van der Waals surface area contributed by atoms with Crippen molar-refractivity contribution in [2.24, 2.45) is 0 Å². The molecule has 0 saturated heterocycles. The van der Waals surface area contributed by atoms with Gasteiger partial charge in [0, 0.05) is 12.8 Å². The van der Waals surface area contributed by atoms with E-state index in [1.54, 1.807) is 30.3 Å². The number of halogens is 4. The molecule has 23 heavy (non-hydrogen) atoms. The molecule has 0 unspecified atom stereocenters. The van der Waals surface area contributed by atoms with Crippen LogP contribution in [0.3, 0.4) is 0 Å². The molecule has 0 aliphatic heterocycles. The van der Waals surface area contributed by atoms with Gasteiger partial charge < -0.3 is 10.1 Å². The molecule has 0 saturated carbocycles. The van der Waals surface area contributed by atoms with Crippen molar-refractivity contribution >= 4 is 23.2 Å². The molecule has 122 valence electrons. The minimum atomic E-state index is -4.60. The molecular weight excluding hydrogens is 331 g/mol. The number of nitrogens with one attached hydrogen (secondary N) is 1. The van der Waals surface area contributed by atoms with Gasteiger partial charge in [0.15, 0.2) is 6.10 Å². The summed E-state index contributed by atoms with van der Waals surface area (Å²) in [5.41, 5.74) is -0.423. The van der Waals surface area contributed by atoms with E-state index in [0.29, 0.717) is 5.56 Å². The zero-order chi connectivity index (χ0) is 17.0. The van der Waals surface area contributed by atoms with Crippen LogP contribution in [0.2, 0.25) is 5.02 Å². The molecule has 7 heteroatoms. The molecule has 0 aliphatic carbocycles. The number of ether oxygens (including phenoxy) is 1. The molecule has 0 aromatic heterocycles. The molecule has 1 N–H and O–H groups in total. The fourth-order valence-corrected chi connectivity index (χ4v) is 2.28. The summed E-state index contributed by atoms with van der Waals surface area (Å²) in [5.74, 6) is -0.575. The van der Waals surface area contributed by atoms with Crippen LogP contribution in [0.15, 0.2) is 48.5 Å². The van der Waals surface area contributed by atoms with Gasteiger partial charge in [0.2, 0.25) is 0 Å². The van der Waals surface area contributed by atoms with Crippen molar-refractivity contribution in [2.45, 2.75) is 12.3 Å². The molecule has 0 spiro atoms. The van der Waals surface area contributed by atoms with Gasteiger partial charge in [-0.1, -0.05) is 41.9 Å². The SMILES string of the molecule is CO[C@H](C(=O)Nc1ccc(Cl)c(C(F)(F)F)c1)c1ccccc1. The Bertz CT molecular complexity index is 689. The Labute approximate surface area is 136 Å². The Kier molecular flexibility index (Phi) is 5.28. The molecule has 0 heterocycles. The van der Waals surface area contributed by atoms with Crippen LogP contribution in [0.4, 0.5) is 18.9 Å². The molecule has 0 aliphatic rings. The van der Waals surface area contributed by atoms with Gasteiger partial charge in [0.1, 0.15) is 0 Å². The first-order valence-corrected chi connectivity index (χ1v) is 6.96. The largest absolute Gasteiger partial charge is 0.417 e. The average molecular weight is 344 g/mol. The van der Waals surface area contributed by atoms with Crippen molar-refractivity contribution in [1.82, 2.24) is 0 Å². The van der Waals surface area contributed by atoms with Crippen molar-refractivity contribution in [2.75, 3.05) is 12.4 Å². The maximum atomic E-state index is 12.8. The number of benzene rings is 2. The van der Waals surface area contributed by atoms with E-state index in [1.807, 2.05) is 0 Å². The van der Waals surface area contributed by atoms with E-state index < -0.39 is 28.8 Å². The van der Waals surface area contributed by atoms with E-state index in [0.717, 1.165) is 12.1 Å². The summed E-state index contributed by atoms with van der Waals surface area (Å²) in [5, 5.41) is 1.98. The maximum Gasteiger partial charge on any atom is 0.417 e. The van der Waals surface area contributed by atoms with Crippen LogP contribution in [0, 0.1) is 0 Å². The number of methoxy groups -OCH3 is 1. The molecular formula is C16H13ClF3NO2. The van der Waals surface area contributed by atoms with E-state index >= 15 is 0 Å². The van der Waals surface area contributed by atoms with Gasteiger partial charge in [0.05, 0.1) is 10.6 Å². The van der Waals surface area contributed by atoms with Crippen LogP contribution >= 0.6 is 11.6 Å². The molecule has 3 nitrogen and oxygen atoms in total. The van der Waals surface area contributed by atoms with Crippen molar-refractivity contribution < 1.29 is 22.7 Å². The third-order valence-corrected chi connectivity index (χ3v) is 3.45. The van der Waals surface area contributed by atoms with E-state index in [4.69, 9.17) is 16.3 Å². The zero-order valence-corrected chi connectivity index (χ0v) is 12.8. The van der Waals surface area contributed by atoms with Crippen LogP contribution < -0.4 is 5.32 Å². The fraction of sp³-hybridized carbons (Fsp3) is 0.188. The van der Waals surface area contributed by atoms with Crippen molar-refractivity contribution in [3.63, 3.8) is 0 Å². The summed E-state index contributed by atoms with van der Waals surface area (Å²) in [6.07, 6.45) is -5.53. The highest BCUT2D eigenvalue weighted by molar-refractivity contribution is 6.31. The van der Waals surface area contributed by atoms with Gasteiger partial charge in [-0.15, -0.1) is 0 Å². The van der Waals surface area contributed by atoms with Crippen molar-refractivity contribution in [3.8, 4) is 0 Å². The number of carbonyl (C=O) groups is 1. The minimum absolute atomic E-state index is 0.00953. The topological polar surface area (TPSA) is 38.3 Å². The lowest BCUT2D eigenvalue weighted by Crippen LogP contribution is -2.22. The van der Waals surface area contributed by atoms with E-state index in [9.17, 15) is 18.0 Å². The predicted octanol–water partition coefficient (Wildman–Crippen LogP) is 4.69. The lowest BCUT2D eigenvalue weighted by Gasteiger charge is -2.17. The van der Waals surface area contributed by atoms with Gasteiger partial charge in [-0.3, -0.25) is 4.79 Å². The molecule has 0 fully saturated rings. The highest BCUT2D eigenvalue weighted by atomic mass is 35.5. The molecule has 0 radical (unpaired) electrons. The van der Waals surface area contributed by atoms with Crippen molar-refractivity contribution in [1.29, 1.82) is 0 Å². The van der Waals surface area contributed by atoms with E-state index in [-0.39, 0.29) is 5.69 Å². The van der Waals surface area contributed by atoms with Crippen LogP contribution in [-0.2, 0) is 15.7 Å². The van der Waals surface area contributed by atoms with Crippen LogP contribution in [0.1, 0.15) is 17.2 Å². The molecule has 1 amide bonds. The Balaban J connectivity index is 2.23. The summed E-state index contributed by atoms with van der Waals surface area (Å²) in [6, 6.07) is 11.8. The molecule has 2 rings (SSSR count). The molecule has 0 bridgehead atoms. The number of hydrogen-bond donors (Lipinski definition) is 1. The summed E-state index contributed by atoms with van der Waals surface area (Å²) in [7, 11) is 1.35. The number of rotatable bonds is 4. The highest BCUT2D eigenvalue weighted by Crippen LogP contribution is 2.36. The van der Waals surface area contributed by atoms with Crippen molar-refractivity contribution in [3.05, 3.63) is 64.7 Å². The Morgan fingerprint density at radius 2 is 1.83 bits per heavy atom. The van der Waals surface area contributed by atoms with E-state index in [2.05, 4.69) is 5.32 Å². The monoisotopic (exact) mass is 343 g/mol. The lowest BCUT2D eigenvalue weighted by molar-refractivity contribution is -0.137. The van der Waals surface area contributed by atoms with Crippen LogP contribution in [0.25, 0.3) is 0 Å². The first kappa shape index (κ1) is 17.3. The Hall–Kier alpha value is -2.05. The average Bonchev–Trinajstić information content (AvgIpc) is 2.50. The smallest absolute Gasteiger partial charge is 0.367 e. The number of carbonyl (C=O) groups excluding carboxylic acids is 1. The second-order valence-corrected chi connectivity index (χ2v) is 5.12. The fourth-order valence-electron chi connectivity index (χ4n) is 2.05. The number of anilines is 1. The first-order chi connectivity index (χ1) is 10.8. The minimum Gasteiger partial charge on any atom is -0.367 e. The van der Waals surface area contributed by atoms with Crippen LogP contribution in [-0.4, -0.2) is 13.0 Å². The summed E-state index contributed by atoms with van der Waals surface area (Å²) < 4.78 is 43.6. The standard InChI is InChI=1S/C16H13ClF3NO2/c1-23-14(10-5-3-2-4-6-10)15(22)21-11-7-8-13(17)12(9-11)16(18,19)20/h2-9,14H,1H3,(H,21,22)/t14-/m0/s1. The first-order valence-electron chi connectivity index (χ1n) is 6.58. The zero-order valence-electron chi connectivity index (χ0n) is 12.0. The maximum absolute atomic E-state index is 12.8. The third kappa shape index (κ3) is 4.24. The van der Waals surface area contributed by atoms with E-state index in [1.165, 1.54) is 13.2 Å². The van der Waals surface area contributed by atoms with Gasteiger partial charge in [-0.05, 0) is 23.8 Å². The lowest BCUT2D eigenvalue weighted by atomic mass is 10.1. The summed E-state index contributed by atoms with van der Waals surface area (Å²) in [4.78, 5) is 12.2. The molecule has 1 atom stereocenters. The highest BCUT2D eigenvalue weighted by Gasteiger charge is 2.33. The van der Waals surface area contributed by atoms with Gasteiger partial charge in [-0.2, -0.15) is 13.2 Å². The number of hydrogen-bond acceptors (Lipinski definition) is 2. The summed E-state index contributed by atoms with van der Waals surface area (Å²) >= 11 is 5.55. The Morgan fingerprint density at radius 1 is 1.17 bits per heavy atom. The van der Waals surface area contributed by atoms with Gasteiger partial charge in [-0.25, -0.2) is 0 Å². The second kappa shape index (κ2) is 7.02. The predicted molar refractivity (Wildman–Crippen MR) is 81.3 cm³/mol. The van der Waals surface area contributed by atoms with Gasteiger partial charge in [0.25, 0.3) is 5.91 Å². The third-order valence-electron chi connectivity index (χ3n) is 3.12. The molecule has 2 aromatic rings. The number of alkyl halides is 3. The van der Waals surface area contributed by atoms with Gasteiger partial charge >= 0.3 is 6.18 Å². The normalized spacial score (nSPS) is 12.7. The second-order valence-electron chi connectivity index (χ2n) is 4.71. The summed E-state index contributed by atoms with van der Waals surface area (Å²) in [6.45, 7) is 0. The van der Waals surface area contributed by atoms with Crippen LogP contribution in [0.5, 0.6) is 0 Å². The number of amides is 1. The molecule has 2 aromatic carbocycles. The quantitative estimate of drug-likeness (QED) is 0.875. The Morgan fingerprint density at radius 3 is 2.39 bits per heavy atom.